The largest absolute Gasteiger partial charge is 0.377 e. The molecule has 0 aliphatic carbocycles. The summed E-state index contributed by atoms with van der Waals surface area (Å²) in [4.78, 5) is 1.23. The molecule has 2 aromatic rings. The SMILES string of the molecule is Cc1nn(C)c(C)c1NCc1cc(Cl)cs1. The van der Waals surface area contributed by atoms with E-state index in [4.69, 9.17) is 11.6 Å². The van der Waals surface area contributed by atoms with Gasteiger partial charge in [-0.05, 0) is 19.9 Å². The molecule has 2 rings (SSSR count). The molecule has 16 heavy (non-hydrogen) atoms. The van der Waals surface area contributed by atoms with E-state index >= 15 is 0 Å². The molecular weight excluding hydrogens is 242 g/mol. The van der Waals surface area contributed by atoms with Gasteiger partial charge in [-0.25, -0.2) is 0 Å². The summed E-state index contributed by atoms with van der Waals surface area (Å²) in [7, 11) is 1.95. The van der Waals surface area contributed by atoms with E-state index in [1.807, 2.05) is 30.1 Å². The van der Waals surface area contributed by atoms with E-state index < -0.39 is 0 Å². The molecule has 0 unspecified atom stereocenters. The normalized spacial score (nSPS) is 10.8. The second-order valence-corrected chi connectivity index (χ2v) is 5.19. The van der Waals surface area contributed by atoms with Gasteiger partial charge in [0.15, 0.2) is 0 Å². The van der Waals surface area contributed by atoms with Crippen LogP contribution in [0.25, 0.3) is 0 Å². The minimum Gasteiger partial charge on any atom is -0.377 e. The van der Waals surface area contributed by atoms with Crippen LogP contribution in [0.5, 0.6) is 0 Å². The van der Waals surface area contributed by atoms with E-state index in [0.717, 1.165) is 28.6 Å². The van der Waals surface area contributed by atoms with Crippen LogP contribution >= 0.6 is 22.9 Å². The van der Waals surface area contributed by atoms with Crippen molar-refractivity contribution in [2.75, 3.05) is 5.32 Å². The maximum Gasteiger partial charge on any atom is 0.0827 e. The van der Waals surface area contributed by atoms with Gasteiger partial charge in [0.1, 0.15) is 0 Å². The van der Waals surface area contributed by atoms with Crippen LogP contribution in [0.2, 0.25) is 5.02 Å². The lowest BCUT2D eigenvalue weighted by atomic mass is 10.3. The Labute approximate surface area is 104 Å². The van der Waals surface area contributed by atoms with E-state index in [0.29, 0.717) is 0 Å². The van der Waals surface area contributed by atoms with Crippen LogP contribution in [0.15, 0.2) is 11.4 Å². The predicted octanol–water partition coefficient (Wildman–Crippen LogP) is 3.36. The van der Waals surface area contributed by atoms with Crippen molar-refractivity contribution in [1.29, 1.82) is 0 Å². The summed E-state index contributed by atoms with van der Waals surface area (Å²) in [5, 5.41) is 10.5. The molecule has 1 N–H and O–H groups in total. The Morgan fingerprint density at radius 1 is 1.50 bits per heavy atom. The smallest absolute Gasteiger partial charge is 0.0827 e. The predicted molar refractivity (Wildman–Crippen MR) is 69.3 cm³/mol. The summed E-state index contributed by atoms with van der Waals surface area (Å²) < 4.78 is 1.89. The number of thiophene rings is 1. The lowest BCUT2D eigenvalue weighted by Crippen LogP contribution is -2.00. The van der Waals surface area contributed by atoms with Crippen LogP contribution in [0.4, 0.5) is 5.69 Å². The fraction of sp³-hybridized carbons (Fsp3) is 0.364. The van der Waals surface area contributed by atoms with Crippen LogP contribution in [0, 0.1) is 13.8 Å². The maximum atomic E-state index is 5.87. The molecule has 2 heterocycles. The van der Waals surface area contributed by atoms with Gasteiger partial charge in [0.05, 0.1) is 22.1 Å². The zero-order valence-corrected chi connectivity index (χ0v) is 11.1. The molecule has 3 nitrogen and oxygen atoms in total. The lowest BCUT2D eigenvalue weighted by Gasteiger charge is -2.04. The molecule has 0 bridgehead atoms. The zero-order valence-electron chi connectivity index (χ0n) is 9.54. The molecule has 5 heteroatoms. The number of hydrogen-bond donors (Lipinski definition) is 1. The summed E-state index contributed by atoms with van der Waals surface area (Å²) in [6.45, 7) is 4.87. The van der Waals surface area contributed by atoms with Crippen molar-refractivity contribution in [1.82, 2.24) is 9.78 Å². The van der Waals surface area contributed by atoms with Crippen molar-refractivity contribution in [3.8, 4) is 0 Å². The summed E-state index contributed by atoms with van der Waals surface area (Å²) in [5.41, 5.74) is 3.30. The third-order valence-corrected chi connectivity index (χ3v) is 3.85. The lowest BCUT2D eigenvalue weighted by molar-refractivity contribution is 0.731. The van der Waals surface area contributed by atoms with E-state index in [-0.39, 0.29) is 0 Å². The third kappa shape index (κ3) is 2.23. The number of anilines is 1. The van der Waals surface area contributed by atoms with E-state index in [9.17, 15) is 0 Å². The Morgan fingerprint density at radius 2 is 2.25 bits per heavy atom. The van der Waals surface area contributed by atoms with Gasteiger partial charge < -0.3 is 5.32 Å². The Balaban J connectivity index is 2.10. The molecular formula is C11H14ClN3S. The van der Waals surface area contributed by atoms with Gasteiger partial charge in [0, 0.05) is 23.8 Å². The minimum atomic E-state index is 0.796. The van der Waals surface area contributed by atoms with Gasteiger partial charge in [0.2, 0.25) is 0 Å². The number of aryl methyl sites for hydroxylation is 2. The molecule has 0 saturated carbocycles. The van der Waals surface area contributed by atoms with Gasteiger partial charge in [-0.1, -0.05) is 11.6 Å². The molecule has 0 aliphatic rings. The van der Waals surface area contributed by atoms with Crippen LogP contribution in [0.1, 0.15) is 16.3 Å². The van der Waals surface area contributed by atoms with Gasteiger partial charge in [-0.2, -0.15) is 5.10 Å². The maximum absolute atomic E-state index is 5.87. The summed E-state index contributed by atoms with van der Waals surface area (Å²) in [6.07, 6.45) is 0. The fourth-order valence-corrected chi connectivity index (χ4v) is 2.66. The molecule has 0 radical (unpaired) electrons. The Morgan fingerprint density at radius 3 is 2.75 bits per heavy atom. The Bertz CT molecular complexity index is 501. The molecule has 0 aliphatic heterocycles. The number of nitrogens with one attached hydrogen (secondary N) is 1. The molecule has 0 spiro atoms. The van der Waals surface area contributed by atoms with Crippen LogP contribution in [0.3, 0.4) is 0 Å². The van der Waals surface area contributed by atoms with Crippen LogP contribution in [-0.2, 0) is 13.6 Å². The molecule has 86 valence electrons. The quantitative estimate of drug-likeness (QED) is 0.912. The van der Waals surface area contributed by atoms with E-state index in [1.54, 1.807) is 11.3 Å². The van der Waals surface area contributed by atoms with Gasteiger partial charge in [0.25, 0.3) is 0 Å². The first kappa shape index (κ1) is 11.5. The minimum absolute atomic E-state index is 0.796. The topological polar surface area (TPSA) is 29.9 Å². The second-order valence-electron chi connectivity index (χ2n) is 3.75. The van der Waals surface area contributed by atoms with Crippen molar-refractivity contribution in [2.45, 2.75) is 20.4 Å². The summed E-state index contributed by atoms with van der Waals surface area (Å²) in [6, 6.07) is 1.99. The molecule has 0 atom stereocenters. The standard InChI is InChI=1S/C11H14ClN3S/c1-7-11(8(2)15(3)14-7)13-5-10-4-9(12)6-16-10/h4,6,13H,5H2,1-3H3. The molecule has 2 aromatic heterocycles. The summed E-state index contributed by atoms with van der Waals surface area (Å²) >= 11 is 7.54. The van der Waals surface area contributed by atoms with Gasteiger partial charge >= 0.3 is 0 Å². The van der Waals surface area contributed by atoms with Crippen LogP contribution < -0.4 is 5.32 Å². The zero-order chi connectivity index (χ0) is 11.7. The van der Waals surface area contributed by atoms with Gasteiger partial charge in [-0.3, -0.25) is 4.68 Å². The number of halogens is 1. The van der Waals surface area contributed by atoms with E-state index in [2.05, 4.69) is 17.3 Å². The number of nitrogens with zero attached hydrogens (tertiary/aromatic N) is 2. The second kappa shape index (κ2) is 4.47. The highest BCUT2D eigenvalue weighted by atomic mass is 35.5. The highest BCUT2D eigenvalue weighted by Gasteiger charge is 2.08. The number of aromatic nitrogens is 2. The van der Waals surface area contributed by atoms with Gasteiger partial charge in [-0.15, -0.1) is 11.3 Å². The molecule has 0 fully saturated rings. The average molecular weight is 256 g/mol. The first-order valence-corrected chi connectivity index (χ1v) is 6.30. The monoisotopic (exact) mass is 255 g/mol. The first-order valence-electron chi connectivity index (χ1n) is 5.05. The highest BCUT2D eigenvalue weighted by molar-refractivity contribution is 7.10. The van der Waals surface area contributed by atoms with Crippen LogP contribution in [-0.4, -0.2) is 9.78 Å². The fourth-order valence-electron chi connectivity index (χ4n) is 1.65. The number of hydrogen-bond acceptors (Lipinski definition) is 3. The van der Waals surface area contributed by atoms with Crippen molar-refractivity contribution in [3.05, 3.63) is 32.7 Å². The average Bonchev–Trinajstić information content (AvgIpc) is 2.72. The molecule has 0 saturated heterocycles. The number of rotatable bonds is 3. The molecule has 0 amide bonds. The first-order chi connectivity index (χ1) is 7.58. The Kier molecular flexibility index (Phi) is 3.21. The summed E-state index contributed by atoms with van der Waals surface area (Å²) in [5.74, 6) is 0. The molecule has 0 aromatic carbocycles. The third-order valence-electron chi connectivity index (χ3n) is 2.57. The Hall–Kier alpha value is -1.000. The van der Waals surface area contributed by atoms with Crippen molar-refractivity contribution in [3.63, 3.8) is 0 Å². The van der Waals surface area contributed by atoms with Crippen molar-refractivity contribution in [2.24, 2.45) is 7.05 Å². The van der Waals surface area contributed by atoms with E-state index in [1.165, 1.54) is 4.88 Å². The van der Waals surface area contributed by atoms with Crippen molar-refractivity contribution < 1.29 is 0 Å². The highest BCUT2D eigenvalue weighted by Crippen LogP contribution is 2.23. The van der Waals surface area contributed by atoms with Crippen molar-refractivity contribution >= 4 is 28.6 Å².